The van der Waals surface area contributed by atoms with Gasteiger partial charge in [0.15, 0.2) is 0 Å². The maximum atomic E-state index is 5.35. The van der Waals surface area contributed by atoms with Crippen molar-refractivity contribution in [3.63, 3.8) is 0 Å². The first-order chi connectivity index (χ1) is 6.72. The highest BCUT2D eigenvalue weighted by molar-refractivity contribution is 5.24. The second-order valence-electron chi connectivity index (χ2n) is 3.73. The highest BCUT2D eigenvalue weighted by atomic mass is 15.1. The average Bonchev–Trinajstić information content (AvgIpc) is 2.16. The summed E-state index contributed by atoms with van der Waals surface area (Å²) >= 11 is 0. The van der Waals surface area contributed by atoms with Gasteiger partial charge in [-0.25, -0.2) is 9.97 Å². The fourth-order valence-corrected chi connectivity index (χ4v) is 1.21. The number of rotatable bonds is 5. The number of aromatic nitrogens is 2. The predicted octanol–water partition coefficient (Wildman–Crippen LogP) is 1.05. The highest BCUT2D eigenvalue weighted by Gasteiger charge is 1.99. The number of hydrogen-bond acceptors (Lipinski definition) is 4. The second-order valence-corrected chi connectivity index (χ2v) is 3.73. The van der Waals surface area contributed by atoms with Crippen molar-refractivity contribution in [3.05, 3.63) is 18.0 Å². The van der Waals surface area contributed by atoms with E-state index in [1.807, 2.05) is 12.4 Å². The Kier molecular flexibility index (Phi) is 4.32. The molecule has 78 valence electrons. The molecule has 0 saturated carbocycles. The van der Waals surface area contributed by atoms with Crippen LogP contribution in [0, 0.1) is 5.92 Å². The normalized spacial score (nSPS) is 10.6. The molecule has 4 heteroatoms. The molecule has 0 amide bonds. The van der Waals surface area contributed by atoms with E-state index in [2.05, 4.69) is 29.1 Å². The van der Waals surface area contributed by atoms with Gasteiger partial charge in [0, 0.05) is 25.5 Å². The monoisotopic (exact) mass is 194 g/mol. The lowest BCUT2D eigenvalue weighted by molar-refractivity contribution is 0.643. The molecule has 0 unspecified atom stereocenters. The largest absolute Gasteiger partial charge is 0.353 e. The minimum absolute atomic E-state index is 0.594. The van der Waals surface area contributed by atoms with Crippen LogP contribution in [0.2, 0.25) is 0 Å². The van der Waals surface area contributed by atoms with E-state index in [-0.39, 0.29) is 0 Å². The van der Waals surface area contributed by atoms with Gasteiger partial charge in [-0.1, -0.05) is 13.8 Å². The van der Waals surface area contributed by atoms with Gasteiger partial charge < -0.3 is 11.1 Å². The quantitative estimate of drug-likeness (QED) is 0.735. The molecule has 0 aliphatic rings. The van der Waals surface area contributed by atoms with Crippen LogP contribution in [0.1, 0.15) is 19.4 Å². The Morgan fingerprint density at radius 1 is 1.36 bits per heavy atom. The Morgan fingerprint density at radius 2 is 2.00 bits per heavy atom. The van der Waals surface area contributed by atoms with Crippen LogP contribution in [-0.2, 0) is 6.42 Å². The van der Waals surface area contributed by atoms with E-state index in [9.17, 15) is 0 Å². The summed E-state index contributed by atoms with van der Waals surface area (Å²) < 4.78 is 0. The van der Waals surface area contributed by atoms with Crippen molar-refractivity contribution in [2.24, 2.45) is 11.7 Å². The average molecular weight is 194 g/mol. The maximum Gasteiger partial charge on any atom is 0.222 e. The first-order valence-electron chi connectivity index (χ1n) is 4.97. The third-order valence-electron chi connectivity index (χ3n) is 1.78. The molecular weight excluding hydrogens is 176 g/mol. The Hall–Kier alpha value is -1.16. The van der Waals surface area contributed by atoms with Gasteiger partial charge in [-0.15, -0.1) is 0 Å². The summed E-state index contributed by atoms with van der Waals surface area (Å²) in [5.41, 5.74) is 6.53. The third-order valence-corrected chi connectivity index (χ3v) is 1.78. The van der Waals surface area contributed by atoms with E-state index in [1.165, 1.54) is 5.56 Å². The SMILES string of the molecule is CC(C)Cc1cnc(NCCN)nc1. The van der Waals surface area contributed by atoms with Crippen LogP contribution in [0.4, 0.5) is 5.95 Å². The Balaban J connectivity index is 2.50. The van der Waals surface area contributed by atoms with Crippen molar-refractivity contribution in [1.29, 1.82) is 0 Å². The van der Waals surface area contributed by atoms with Gasteiger partial charge in [0.1, 0.15) is 0 Å². The number of hydrogen-bond donors (Lipinski definition) is 2. The van der Waals surface area contributed by atoms with E-state index >= 15 is 0 Å². The van der Waals surface area contributed by atoms with Crippen LogP contribution in [0.25, 0.3) is 0 Å². The van der Waals surface area contributed by atoms with Crippen molar-refractivity contribution in [2.75, 3.05) is 18.4 Å². The van der Waals surface area contributed by atoms with Gasteiger partial charge in [0.2, 0.25) is 5.95 Å². The van der Waals surface area contributed by atoms with Crippen molar-refractivity contribution in [1.82, 2.24) is 9.97 Å². The zero-order valence-corrected chi connectivity index (χ0v) is 8.83. The van der Waals surface area contributed by atoms with Gasteiger partial charge in [0.05, 0.1) is 0 Å². The molecule has 4 nitrogen and oxygen atoms in total. The van der Waals surface area contributed by atoms with Gasteiger partial charge in [-0.3, -0.25) is 0 Å². The lowest BCUT2D eigenvalue weighted by Crippen LogP contribution is -2.14. The molecule has 1 rings (SSSR count). The van der Waals surface area contributed by atoms with E-state index in [0.717, 1.165) is 6.42 Å². The molecule has 0 fully saturated rings. The molecule has 14 heavy (non-hydrogen) atoms. The smallest absolute Gasteiger partial charge is 0.222 e. The summed E-state index contributed by atoms with van der Waals surface area (Å²) in [5, 5.41) is 3.03. The van der Waals surface area contributed by atoms with E-state index in [1.54, 1.807) is 0 Å². The number of anilines is 1. The summed E-state index contributed by atoms with van der Waals surface area (Å²) in [6.45, 7) is 5.67. The standard InChI is InChI=1S/C10H18N4/c1-8(2)5-9-6-13-10(14-7-9)12-4-3-11/h6-8H,3-5,11H2,1-2H3,(H,12,13,14). The van der Waals surface area contributed by atoms with Gasteiger partial charge >= 0.3 is 0 Å². The molecule has 1 aromatic rings. The van der Waals surface area contributed by atoms with E-state index in [0.29, 0.717) is 25.0 Å². The van der Waals surface area contributed by atoms with Crippen molar-refractivity contribution in [3.8, 4) is 0 Å². The maximum absolute atomic E-state index is 5.35. The lowest BCUT2D eigenvalue weighted by atomic mass is 10.1. The minimum atomic E-state index is 0.594. The molecule has 1 aromatic heterocycles. The number of nitrogens with zero attached hydrogens (tertiary/aromatic N) is 2. The number of nitrogens with one attached hydrogen (secondary N) is 1. The van der Waals surface area contributed by atoms with Gasteiger partial charge in [0.25, 0.3) is 0 Å². The molecule has 0 aromatic carbocycles. The molecule has 1 heterocycles. The van der Waals surface area contributed by atoms with Gasteiger partial charge in [-0.05, 0) is 17.9 Å². The molecule has 0 spiro atoms. The van der Waals surface area contributed by atoms with E-state index in [4.69, 9.17) is 5.73 Å². The topological polar surface area (TPSA) is 63.8 Å². The van der Waals surface area contributed by atoms with E-state index < -0.39 is 0 Å². The fraction of sp³-hybridized carbons (Fsp3) is 0.600. The minimum Gasteiger partial charge on any atom is -0.353 e. The van der Waals surface area contributed by atoms with Crippen LogP contribution >= 0.6 is 0 Å². The van der Waals surface area contributed by atoms with Gasteiger partial charge in [-0.2, -0.15) is 0 Å². The first-order valence-corrected chi connectivity index (χ1v) is 4.97. The Morgan fingerprint density at radius 3 is 2.50 bits per heavy atom. The van der Waals surface area contributed by atoms with Crippen molar-refractivity contribution >= 4 is 5.95 Å². The van der Waals surface area contributed by atoms with Crippen molar-refractivity contribution < 1.29 is 0 Å². The van der Waals surface area contributed by atoms with Crippen LogP contribution in [0.5, 0.6) is 0 Å². The first kappa shape index (κ1) is 10.9. The zero-order chi connectivity index (χ0) is 10.4. The molecular formula is C10H18N4. The molecule has 0 radical (unpaired) electrons. The lowest BCUT2D eigenvalue weighted by Gasteiger charge is -2.05. The van der Waals surface area contributed by atoms with Crippen LogP contribution < -0.4 is 11.1 Å². The Bertz CT molecular complexity index is 255. The molecule has 0 aliphatic carbocycles. The number of nitrogens with two attached hydrogens (primary N) is 1. The molecule has 0 saturated heterocycles. The summed E-state index contributed by atoms with van der Waals surface area (Å²) in [4.78, 5) is 8.38. The zero-order valence-electron chi connectivity index (χ0n) is 8.83. The molecule has 0 aliphatic heterocycles. The summed E-state index contributed by atoms with van der Waals surface area (Å²) in [6.07, 6.45) is 4.76. The molecule has 0 bridgehead atoms. The summed E-state index contributed by atoms with van der Waals surface area (Å²) in [6, 6.07) is 0. The Labute approximate surface area is 85.0 Å². The summed E-state index contributed by atoms with van der Waals surface area (Å²) in [7, 11) is 0. The molecule has 3 N–H and O–H groups in total. The van der Waals surface area contributed by atoms with Crippen LogP contribution in [-0.4, -0.2) is 23.1 Å². The van der Waals surface area contributed by atoms with Crippen molar-refractivity contribution in [2.45, 2.75) is 20.3 Å². The predicted molar refractivity (Wildman–Crippen MR) is 58.1 cm³/mol. The molecule has 0 atom stereocenters. The second kappa shape index (κ2) is 5.54. The summed E-state index contributed by atoms with van der Waals surface area (Å²) in [5.74, 6) is 1.30. The van der Waals surface area contributed by atoms with Crippen LogP contribution in [0.3, 0.4) is 0 Å². The third kappa shape index (κ3) is 3.70. The fourth-order valence-electron chi connectivity index (χ4n) is 1.21. The van der Waals surface area contributed by atoms with Crippen LogP contribution in [0.15, 0.2) is 12.4 Å². The highest BCUT2D eigenvalue weighted by Crippen LogP contribution is 2.06.